The Bertz CT molecular complexity index is 560. The van der Waals surface area contributed by atoms with Crippen molar-refractivity contribution < 1.29 is 13.2 Å². The first kappa shape index (κ1) is 15.2. The van der Waals surface area contributed by atoms with Gasteiger partial charge >= 0.3 is 0 Å². The number of morpholine rings is 1. The molecule has 20 heavy (non-hydrogen) atoms. The zero-order valence-corrected chi connectivity index (χ0v) is 12.9. The minimum Gasteiger partial charge on any atom is -0.373 e. The minimum absolute atomic E-state index is 0.0631. The molecule has 0 saturated carbocycles. The number of hydrogen-bond acceptors (Lipinski definition) is 6. The Kier molecular flexibility index (Phi) is 4.62. The van der Waals surface area contributed by atoms with E-state index in [1.54, 1.807) is 18.3 Å². The van der Waals surface area contributed by atoms with Crippen LogP contribution in [0.25, 0.3) is 0 Å². The molecule has 0 aliphatic carbocycles. The van der Waals surface area contributed by atoms with Gasteiger partial charge in [-0.1, -0.05) is 0 Å². The van der Waals surface area contributed by atoms with Crippen LogP contribution in [-0.2, 0) is 14.6 Å². The van der Waals surface area contributed by atoms with Gasteiger partial charge in [-0.15, -0.1) is 0 Å². The van der Waals surface area contributed by atoms with E-state index in [-0.39, 0.29) is 11.0 Å². The van der Waals surface area contributed by atoms with Crippen molar-refractivity contribution in [3.63, 3.8) is 0 Å². The second kappa shape index (κ2) is 6.07. The van der Waals surface area contributed by atoms with Gasteiger partial charge in [-0.3, -0.25) is 0 Å². The fourth-order valence-electron chi connectivity index (χ4n) is 2.34. The highest BCUT2D eigenvalue weighted by Gasteiger charge is 2.25. The number of anilines is 1. The predicted octanol–water partition coefficient (Wildman–Crippen LogP) is 0.252. The van der Waals surface area contributed by atoms with E-state index < -0.39 is 9.84 Å². The molecule has 1 atom stereocenters. The number of aromatic nitrogens is 1. The Balaban J connectivity index is 2.23. The average molecular weight is 299 g/mol. The summed E-state index contributed by atoms with van der Waals surface area (Å²) >= 11 is 0. The van der Waals surface area contributed by atoms with Crippen molar-refractivity contribution in [2.24, 2.45) is 0 Å². The van der Waals surface area contributed by atoms with E-state index in [4.69, 9.17) is 4.74 Å². The molecule has 1 saturated heterocycles. The van der Waals surface area contributed by atoms with Gasteiger partial charge in [0, 0.05) is 32.1 Å². The summed E-state index contributed by atoms with van der Waals surface area (Å²) < 4.78 is 29.4. The molecule has 2 rings (SSSR count). The Morgan fingerprint density at radius 1 is 1.50 bits per heavy atom. The molecule has 1 aliphatic rings. The standard InChI is InChI=1S/C13H21N3O3S/c1-15(2)9-11-10-16(7-8-19-11)13-12(20(3,17)18)5-4-6-14-13/h4-6,11H,7-10H2,1-3H3. The molecule has 0 radical (unpaired) electrons. The van der Waals surface area contributed by atoms with Crippen molar-refractivity contribution in [1.82, 2.24) is 9.88 Å². The van der Waals surface area contributed by atoms with Gasteiger partial charge in [0.1, 0.15) is 10.7 Å². The summed E-state index contributed by atoms with van der Waals surface area (Å²) in [6.45, 7) is 2.69. The maximum absolute atomic E-state index is 11.8. The molecule has 7 heteroatoms. The first-order valence-electron chi connectivity index (χ1n) is 6.54. The molecule has 1 fully saturated rings. The van der Waals surface area contributed by atoms with Crippen molar-refractivity contribution in [3.05, 3.63) is 18.3 Å². The van der Waals surface area contributed by atoms with Crippen LogP contribution in [-0.4, -0.2) is 71.0 Å². The minimum atomic E-state index is -3.28. The van der Waals surface area contributed by atoms with Gasteiger partial charge in [0.05, 0.1) is 12.7 Å². The van der Waals surface area contributed by atoms with Crippen molar-refractivity contribution >= 4 is 15.7 Å². The molecule has 112 valence electrons. The van der Waals surface area contributed by atoms with Crippen molar-refractivity contribution in [2.75, 3.05) is 51.5 Å². The van der Waals surface area contributed by atoms with Crippen LogP contribution in [0.2, 0.25) is 0 Å². The molecule has 1 unspecified atom stereocenters. The molecule has 0 aromatic carbocycles. The fraction of sp³-hybridized carbons (Fsp3) is 0.615. The Hall–Kier alpha value is -1.18. The number of ether oxygens (including phenoxy) is 1. The molecular weight excluding hydrogens is 278 g/mol. The first-order valence-corrected chi connectivity index (χ1v) is 8.43. The van der Waals surface area contributed by atoms with Crippen LogP contribution in [0.4, 0.5) is 5.82 Å². The topological polar surface area (TPSA) is 62.7 Å². The highest BCUT2D eigenvalue weighted by Crippen LogP contribution is 2.24. The summed E-state index contributed by atoms with van der Waals surface area (Å²) in [6.07, 6.45) is 2.90. The molecule has 1 aromatic rings. The zero-order valence-electron chi connectivity index (χ0n) is 12.1. The third kappa shape index (κ3) is 3.68. The number of nitrogens with zero attached hydrogens (tertiary/aromatic N) is 3. The number of likely N-dealkylation sites (N-methyl/N-ethyl adjacent to an activating group) is 1. The maximum atomic E-state index is 11.8. The molecule has 6 nitrogen and oxygen atoms in total. The van der Waals surface area contributed by atoms with Gasteiger partial charge in [-0.25, -0.2) is 13.4 Å². The average Bonchev–Trinajstić information content (AvgIpc) is 2.37. The van der Waals surface area contributed by atoms with Gasteiger partial charge < -0.3 is 14.5 Å². The quantitative estimate of drug-likeness (QED) is 0.794. The molecule has 1 aliphatic heterocycles. The zero-order chi connectivity index (χ0) is 14.8. The Morgan fingerprint density at radius 3 is 2.90 bits per heavy atom. The summed E-state index contributed by atoms with van der Waals surface area (Å²) in [7, 11) is 0.703. The number of pyridine rings is 1. The van der Waals surface area contributed by atoms with Crippen LogP contribution >= 0.6 is 0 Å². The molecule has 0 N–H and O–H groups in total. The lowest BCUT2D eigenvalue weighted by Gasteiger charge is -2.35. The van der Waals surface area contributed by atoms with Crippen molar-refractivity contribution in [3.8, 4) is 0 Å². The van der Waals surface area contributed by atoms with Gasteiger partial charge in [-0.05, 0) is 26.2 Å². The SMILES string of the molecule is CN(C)CC1CN(c2ncccc2S(C)(=O)=O)CCO1. The molecular formula is C13H21N3O3S. The molecule has 0 spiro atoms. The number of rotatable bonds is 4. The number of hydrogen-bond donors (Lipinski definition) is 0. The van der Waals surface area contributed by atoms with E-state index in [9.17, 15) is 8.42 Å². The summed E-state index contributed by atoms with van der Waals surface area (Å²) in [5.74, 6) is 0.530. The summed E-state index contributed by atoms with van der Waals surface area (Å²) in [5, 5.41) is 0. The summed E-state index contributed by atoms with van der Waals surface area (Å²) in [6, 6.07) is 3.26. The lowest BCUT2D eigenvalue weighted by atomic mass is 10.2. The smallest absolute Gasteiger partial charge is 0.179 e. The summed E-state index contributed by atoms with van der Waals surface area (Å²) in [4.78, 5) is 8.60. The Morgan fingerprint density at radius 2 is 2.25 bits per heavy atom. The molecule has 2 heterocycles. The van der Waals surface area contributed by atoms with E-state index in [0.717, 1.165) is 6.54 Å². The van der Waals surface area contributed by atoms with Crippen molar-refractivity contribution in [1.29, 1.82) is 0 Å². The highest BCUT2D eigenvalue weighted by atomic mass is 32.2. The largest absolute Gasteiger partial charge is 0.373 e. The molecule has 1 aromatic heterocycles. The lowest BCUT2D eigenvalue weighted by Crippen LogP contribution is -2.47. The third-order valence-corrected chi connectivity index (χ3v) is 4.28. The van der Waals surface area contributed by atoms with Crippen LogP contribution in [0.1, 0.15) is 0 Å². The van der Waals surface area contributed by atoms with Crippen LogP contribution in [0.5, 0.6) is 0 Å². The van der Waals surface area contributed by atoms with E-state index in [1.807, 2.05) is 19.0 Å². The predicted molar refractivity (Wildman–Crippen MR) is 77.9 cm³/mol. The van der Waals surface area contributed by atoms with Gasteiger partial charge in [0.25, 0.3) is 0 Å². The van der Waals surface area contributed by atoms with Crippen LogP contribution in [0.3, 0.4) is 0 Å². The monoisotopic (exact) mass is 299 g/mol. The van der Waals surface area contributed by atoms with Gasteiger partial charge in [-0.2, -0.15) is 0 Å². The normalized spacial score (nSPS) is 20.4. The Labute approximate surface area is 120 Å². The maximum Gasteiger partial charge on any atom is 0.179 e. The van der Waals surface area contributed by atoms with E-state index in [1.165, 1.54) is 6.26 Å². The third-order valence-electron chi connectivity index (χ3n) is 3.16. The number of sulfone groups is 1. The lowest BCUT2D eigenvalue weighted by molar-refractivity contribution is 0.0244. The van der Waals surface area contributed by atoms with Crippen molar-refractivity contribution in [2.45, 2.75) is 11.0 Å². The highest BCUT2D eigenvalue weighted by molar-refractivity contribution is 7.90. The van der Waals surface area contributed by atoms with Gasteiger partial charge in [0.2, 0.25) is 0 Å². The van der Waals surface area contributed by atoms with Crippen LogP contribution in [0.15, 0.2) is 23.2 Å². The first-order chi connectivity index (χ1) is 9.38. The van der Waals surface area contributed by atoms with E-state index in [0.29, 0.717) is 25.5 Å². The van der Waals surface area contributed by atoms with Crippen LogP contribution < -0.4 is 4.90 Å². The second-order valence-corrected chi connectivity index (χ2v) is 7.28. The second-order valence-electron chi connectivity index (χ2n) is 5.30. The molecule has 0 amide bonds. The van der Waals surface area contributed by atoms with E-state index >= 15 is 0 Å². The van der Waals surface area contributed by atoms with Crippen LogP contribution in [0, 0.1) is 0 Å². The molecule has 0 bridgehead atoms. The summed E-state index contributed by atoms with van der Waals surface area (Å²) in [5.41, 5.74) is 0. The van der Waals surface area contributed by atoms with E-state index in [2.05, 4.69) is 9.88 Å². The van der Waals surface area contributed by atoms with Gasteiger partial charge in [0.15, 0.2) is 9.84 Å². The fourth-order valence-corrected chi connectivity index (χ4v) is 3.18.